The van der Waals surface area contributed by atoms with Gasteiger partial charge in [-0.3, -0.25) is 4.90 Å². The molecule has 0 aromatic heterocycles. The van der Waals surface area contributed by atoms with Crippen LogP contribution in [0.1, 0.15) is 44.9 Å². The molecule has 3 aliphatic rings. The molecule has 0 amide bonds. The molecule has 2 saturated heterocycles. The van der Waals surface area contributed by atoms with E-state index in [1.807, 2.05) is 0 Å². The molecule has 1 saturated carbocycles. The average molecular weight is 225 g/mol. The van der Waals surface area contributed by atoms with Crippen LogP contribution in [0.25, 0.3) is 0 Å². The summed E-state index contributed by atoms with van der Waals surface area (Å²) in [7, 11) is 0. The van der Waals surface area contributed by atoms with Gasteiger partial charge in [0.05, 0.1) is 11.7 Å². The van der Waals surface area contributed by atoms with Crippen molar-refractivity contribution in [3.05, 3.63) is 0 Å². The summed E-state index contributed by atoms with van der Waals surface area (Å²) in [5.41, 5.74) is 0.197. The number of aliphatic hydroxyl groups excluding tert-OH is 1. The topological polar surface area (TPSA) is 32.7 Å². The van der Waals surface area contributed by atoms with E-state index in [9.17, 15) is 5.11 Å². The lowest BCUT2D eigenvalue weighted by atomic mass is 9.89. The van der Waals surface area contributed by atoms with Gasteiger partial charge in [-0.25, -0.2) is 0 Å². The molecule has 3 fully saturated rings. The molecule has 1 atom stereocenters. The second kappa shape index (κ2) is 4.28. The maximum atomic E-state index is 9.57. The van der Waals surface area contributed by atoms with Crippen molar-refractivity contribution in [3.8, 4) is 0 Å². The molecular formula is C13H23NO2. The number of hydrogen-bond acceptors (Lipinski definition) is 3. The average Bonchev–Trinajstić information content (AvgIpc) is 2.91. The van der Waals surface area contributed by atoms with E-state index in [1.165, 1.54) is 32.1 Å². The van der Waals surface area contributed by atoms with E-state index < -0.39 is 0 Å². The molecule has 3 heteroatoms. The van der Waals surface area contributed by atoms with Gasteiger partial charge in [0.15, 0.2) is 0 Å². The fraction of sp³-hybridized carbons (Fsp3) is 1.00. The highest BCUT2D eigenvalue weighted by Crippen LogP contribution is 2.43. The minimum atomic E-state index is -0.0573. The Labute approximate surface area is 97.8 Å². The highest BCUT2D eigenvalue weighted by Gasteiger charge is 2.48. The van der Waals surface area contributed by atoms with Gasteiger partial charge in [0.1, 0.15) is 0 Å². The van der Waals surface area contributed by atoms with Crippen molar-refractivity contribution >= 4 is 0 Å². The quantitative estimate of drug-likeness (QED) is 0.735. The second-order valence-electron chi connectivity index (χ2n) is 5.69. The molecule has 0 bridgehead atoms. The maximum absolute atomic E-state index is 9.57. The van der Waals surface area contributed by atoms with Crippen LogP contribution in [-0.4, -0.2) is 47.4 Å². The molecule has 92 valence electrons. The molecule has 1 N–H and O–H groups in total. The van der Waals surface area contributed by atoms with Crippen molar-refractivity contribution in [1.82, 2.24) is 4.90 Å². The Balaban J connectivity index is 1.69. The number of aliphatic hydroxyl groups is 1. The molecule has 3 nitrogen and oxygen atoms in total. The van der Waals surface area contributed by atoms with Crippen molar-refractivity contribution in [1.29, 1.82) is 0 Å². The van der Waals surface area contributed by atoms with Gasteiger partial charge in [-0.15, -0.1) is 0 Å². The van der Waals surface area contributed by atoms with Gasteiger partial charge >= 0.3 is 0 Å². The molecule has 0 aromatic rings. The summed E-state index contributed by atoms with van der Waals surface area (Å²) in [4.78, 5) is 2.59. The van der Waals surface area contributed by atoms with Crippen LogP contribution in [0.2, 0.25) is 0 Å². The predicted octanol–water partition coefficient (Wildman–Crippen LogP) is 1.54. The molecule has 1 unspecified atom stereocenters. The molecule has 1 spiro atoms. The van der Waals surface area contributed by atoms with Crippen LogP contribution in [0.3, 0.4) is 0 Å². The maximum Gasteiger partial charge on any atom is 0.0837 e. The van der Waals surface area contributed by atoms with Crippen molar-refractivity contribution in [3.63, 3.8) is 0 Å². The number of piperidine rings is 1. The van der Waals surface area contributed by atoms with Gasteiger partial charge in [-0.1, -0.05) is 12.8 Å². The predicted molar refractivity (Wildman–Crippen MR) is 62.4 cm³/mol. The van der Waals surface area contributed by atoms with Crippen molar-refractivity contribution < 1.29 is 9.84 Å². The van der Waals surface area contributed by atoms with E-state index in [0.717, 1.165) is 32.5 Å². The molecule has 2 aliphatic heterocycles. The number of rotatable bonds is 1. The Bertz CT molecular complexity index is 237. The van der Waals surface area contributed by atoms with Crippen LogP contribution in [0.15, 0.2) is 0 Å². The molecule has 1 aliphatic carbocycles. The van der Waals surface area contributed by atoms with E-state index in [0.29, 0.717) is 6.04 Å². The lowest BCUT2D eigenvalue weighted by molar-refractivity contribution is -0.0467. The third kappa shape index (κ3) is 1.79. The smallest absolute Gasteiger partial charge is 0.0837 e. The normalized spacial score (nSPS) is 36.2. The second-order valence-corrected chi connectivity index (χ2v) is 5.69. The van der Waals surface area contributed by atoms with E-state index >= 15 is 0 Å². The monoisotopic (exact) mass is 225 g/mol. The van der Waals surface area contributed by atoms with Crippen LogP contribution in [0.5, 0.6) is 0 Å². The Kier molecular flexibility index (Phi) is 2.94. The Hall–Kier alpha value is -0.120. The summed E-state index contributed by atoms with van der Waals surface area (Å²) in [6.07, 6.45) is 8.25. The summed E-state index contributed by atoms with van der Waals surface area (Å²) in [6.45, 7) is 3.08. The van der Waals surface area contributed by atoms with Crippen molar-refractivity contribution in [2.75, 3.05) is 19.7 Å². The van der Waals surface area contributed by atoms with Crippen LogP contribution < -0.4 is 0 Å². The molecule has 0 aromatic carbocycles. The highest BCUT2D eigenvalue weighted by molar-refractivity contribution is 5.02. The van der Waals surface area contributed by atoms with Gasteiger partial charge in [-0.2, -0.15) is 0 Å². The van der Waals surface area contributed by atoms with Crippen LogP contribution in [-0.2, 0) is 4.74 Å². The van der Waals surface area contributed by atoms with Crippen LogP contribution in [0, 0.1) is 0 Å². The van der Waals surface area contributed by atoms with Gasteiger partial charge < -0.3 is 9.84 Å². The van der Waals surface area contributed by atoms with Gasteiger partial charge in [0.25, 0.3) is 0 Å². The summed E-state index contributed by atoms with van der Waals surface area (Å²) in [5, 5.41) is 9.57. The lowest BCUT2D eigenvalue weighted by Crippen LogP contribution is -2.51. The standard InChI is InChI=1S/C13H23NO2/c15-11-3-8-14(9-4-11)12-5-10-16-13(12)6-1-2-7-13/h11-12,15H,1-10H2. The van der Waals surface area contributed by atoms with Crippen molar-refractivity contribution in [2.24, 2.45) is 0 Å². The largest absolute Gasteiger partial charge is 0.393 e. The summed E-state index contributed by atoms with van der Waals surface area (Å²) >= 11 is 0. The highest BCUT2D eigenvalue weighted by atomic mass is 16.5. The first-order valence-electron chi connectivity index (χ1n) is 6.86. The number of hydrogen-bond donors (Lipinski definition) is 1. The summed E-state index contributed by atoms with van der Waals surface area (Å²) in [6, 6.07) is 0.641. The SMILES string of the molecule is OC1CCN(C2CCOC23CCCC3)CC1. The first-order valence-corrected chi connectivity index (χ1v) is 6.86. The zero-order valence-electron chi connectivity index (χ0n) is 10.0. The molecular weight excluding hydrogens is 202 g/mol. The Morgan fingerprint density at radius 1 is 1.06 bits per heavy atom. The fourth-order valence-electron chi connectivity index (χ4n) is 3.90. The first-order chi connectivity index (χ1) is 7.80. The number of likely N-dealkylation sites (tertiary alicyclic amines) is 1. The third-order valence-corrected chi connectivity index (χ3v) is 4.78. The van der Waals surface area contributed by atoms with Gasteiger partial charge in [0, 0.05) is 25.7 Å². The molecule has 16 heavy (non-hydrogen) atoms. The summed E-state index contributed by atoms with van der Waals surface area (Å²) < 4.78 is 6.09. The Morgan fingerprint density at radius 2 is 1.75 bits per heavy atom. The first kappa shape index (κ1) is 11.0. The van der Waals surface area contributed by atoms with E-state index in [1.54, 1.807) is 0 Å². The van der Waals surface area contributed by atoms with Crippen molar-refractivity contribution in [2.45, 2.75) is 62.7 Å². The van der Waals surface area contributed by atoms with E-state index in [-0.39, 0.29) is 11.7 Å². The third-order valence-electron chi connectivity index (χ3n) is 4.78. The minimum Gasteiger partial charge on any atom is -0.393 e. The zero-order valence-corrected chi connectivity index (χ0v) is 10.0. The zero-order chi connectivity index (χ0) is 11.0. The molecule has 0 radical (unpaired) electrons. The number of ether oxygens (including phenoxy) is 1. The minimum absolute atomic E-state index is 0.0573. The lowest BCUT2D eigenvalue weighted by Gasteiger charge is -2.41. The van der Waals surface area contributed by atoms with Crippen LogP contribution in [0.4, 0.5) is 0 Å². The summed E-state index contributed by atoms with van der Waals surface area (Å²) in [5.74, 6) is 0. The van der Waals surface area contributed by atoms with Crippen LogP contribution >= 0.6 is 0 Å². The molecule has 3 rings (SSSR count). The Morgan fingerprint density at radius 3 is 2.44 bits per heavy atom. The fourth-order valence-corrected chi connectivity index (χ4v) is 3.90. The van der Waals surface area contributed by atoms with Gasteiger partial charge in [0.2, 0.25) is 0 Å². The van der Waals surface area contributed by atoms with E-state index in [4.69, 9.17) is 4.74 Å². The van der Waals surface area contributed by atoms with E-state index in [2.05, 4.69) is 4.90 Å². The van der Waals surface area contributed by atoms with Gasteiger partial charge in [-0.05, 0) is 32.1 Å². The number of nitrogens with zero attached hydrogens (tertiary/aromatic N) is 1. The molecule has 2 heterocycles.